The molecule has 0 radical (unpaired) electrons. The fourth-order valence-corrected chi connectivity index (χ4v) is 3.21. The van der Waals surface area contributed by atoms with Gasteiger partial charge in [0.15, 0.2) is 0 Å². The lowest BCUT2D eigenvalue weighted by Crippen LogP contribution is -2.33. The first-order chi connectivity index (χ1) is 16.2. The molecule has 0 atom stereocenters. The molecule has 9 nitrogen and oxygen atoms in total. The first kappa shape index (κ1) is 22.5. The number of nitrogens with zero attached hydrogens (tertiary/aromatic N) is 5. The minimum absolute atomic E-state index is 0.0140. The molecule has 0 unspecified atom stereocenters. The number of urea groups is 1. The van der Waals surface area contributed by atoms with E-state index in [-0.39, 0.29) is 28.8 Å². The number of ether oxygens (including phenoxy) is 1. The Balaban J connectivity index is 1.66. The molecule has 4 rings (SSSR count). The number of hydrogen-bond donors (Lipinski definition) is 1. The SMILES string of the molecule is CC#Cc1cc(Oc2ccnc(N)n2)ccc1N1C(=O)CN(c2cncc(C(F)(F)F)c2)C1=O. The summed E-state index contributed by atoms with van der Waals surface area (Å²) in [6.45, 7) is 1.11. The third kappa shape index (κ3) is 4.44. The Morgan fingerprint density at radius 3 is 2.65 bits per heavy atom. The summed E-state index contributed by atoms with van der Waals surface area (Å²) in [7, 11) is 0. The molecule has 0 aliphatic carbocycles. The third-order valence-electron chi connectivity index (χ3n) is 4.67. The van der Waals surface area contributed by atoms with Crippen LogP contribution in [0.3, 0.4) is 0 Å². The molecule has 1 aromatic carbocycles. The Labute approximate surface area is 191 Å². The molecule has 34 heavy (non-hydrogen) atoms. The number of aromatic nitrogens is 3. The monoisotopic (exact) mass is 468 g/mol. The highest BCUT2D eigenvalue weighted by Gasteiger charge is 2.40. The summed E-state index contributed by atoms with van der Waals surface area (Å²) >= 11 is 0. The Kier molecular flexibility index (Phi) is 5.77. The second kappa shape index (κ2) is 8.70. The quantitative estimate of drug-likeness (QED) is 0.460. The highest BCUT2D eigenvalue weighted by Crippen LogP contribution is 2.34. The van der Waals surface area contributed by atoms with Crippen molar-refractivity contribution in [1.29, 1.82) is 0 Å². The number of nitrogen functional groups attached to an aromatic ring is 1. The summed E-state index contributed by atoms with van der Waals surface area (Å²) in [5, 5.41) is 0. The molecule has 12 heteroatoms. The van der Waals surface area contributed by atoms with Gasteiger partial charge in [-0.25, -0.2) is 14.7 Å². The van der Waals surface area contributed by atoms with Crippen LogP contribution in [0.5, 0.6) is 11.6 Å². The van der Waals surface area contributed by atoms with Gasteiger partial charge in [0, 0.05) is 18.5 Å². The van der Waals surface area contributed by atoms with E-state index in [9.17, 15) is 22.8 Å². The van der Waals surface area contributed by atoms with Crippen molar-refractivity contribution >= 4 is 29.3 Å². The van der Waals surface area contributed by atoms with Crippen LogP contribution < -0.4 is 20.3 Å². The van der Waals surface area contributed by atoms with Crippen LogP contribution in [-0.2, 0) is 11.0 Å². The first-order valence-corrected chi connectivity index (χ1v) is 9.67. The molecule has 0 bridgehead atoms. The maximum absolute atomic E-state index is 13.1. The molecule has 3 amide bonds. The number of nitrogens with two attached hydrogens (primary N) is 1. The number of rotatable bonds is 4. The molecule has 0 saturated carbocycles. The molecule has 2 aromatic heterocycles. The molecular weight excluding hydrogens is 453 g/mol. The Bertz CT molecular complexity index is 1350. The fraction of sp³-hybridized carbons (Fsp3) is 0.136. The van der Waals surface area contributed by atoms with Crippen molar-refractivity contribution in [3.8, 4) is 23.5 Å². The van der Waals surface area contributed by atoms with Crippen LogP contribution in [0.15, 0.2) is 48.9 Å². The van der Waals surface area contributed by atoms with Crippen LogP contribution in [0, 0.1) is 11.8 Å². The number of imide groups is 1. The molecule has 1 saturated heterocycles. The Morgan fingerprint density at radius 2 is 1.94 bits per heavy atom. The Morgan fingerprint density at radius 1 is 1.15 bits per heavy atom. The second-order valence-corrected chi connectivity index (χ2v) is 6.94. The van der Waals surface area contributed by atoms with Crippen molar-refractivity contribution in [1.82, 2.24) is 15.0 Å². The van der Waals surface area contributed by atoms with Crippen LogP contribution >= 0.6 is 0 Å². The number of alkyl halides is 3. The zero-order valence-corrected chi connectivity index (χ0v) is 17.5. The van der Waals surface area contributed by atoms with E-state index < -0.39 is 30.2 Å². The van der Waals surface area contributed by atoms with Crippen LogP contribution in [0.4, 0.5) is 35.3 Å². The van der Waals surface area contributed by atoms with E-state index in [0.29, 0.717) is 11.9 Å². The number of amides is 3. The van der Waals surface area contributed by atoms with Crippen LogP contribution in [0.25, 0.3) is 0 Å². The number of anilines is 3. The minimum Gasteiger partial charge on any atom is -0.439 e. The predicted molar refractivity (Wildman–Crippen MR) is 115 cm³/mol. The van der Waals surface area contributed by atoms with Gasteiger partial charge >= 0.3 is 12.2 Å². The van der Waals surface area contributed by atoms with Gasteiger partial charge in [0.05, 0.1) is 28.7 Å². The van der Waals surface area contributed by atoms with Gasteiger partial charge in [-0.1, -0.05) is 5.92 Å². The molecule has 2 N–H and O–H groups in total. The lowest BCUT2D eigenvalue weighted by molar-refractivity contribution is -0.137. The van der Waals surface area contributed by atoms with Gasteiger partial charge in [-0.05, 0) is 31.2 Å². The van der Waals surface area contributed by atoms with Crippen LogP contribution in [0.2, 0.25) is 0 Å². The van der Waals surface area contributed by atoms with E-state index in [2.05, 4.69) is 26.8 Å². The van der Waals surface area contributed by atoms with E-state index in [1.807, 2.05) is 0 Å². The standard InChI is InChI=1S/C22H15F3N6O3/c1-2-3-13-8-16(34-18-6-7-28-20(26)29-18)4-5-17(13)31-19(32)12-30(21(31)33)15-9-14(10-27-11-15)22(23,24)25/h4-11H,12H2,1H3,(H2,26,28,29). The predicted octanol–water partition coefficient (Wildman–Crippen LogP) is 3.61. The largest absolute Gasteiger partial charge is 0.439 e. The maximum Gasteiger partial charge on any atom is 0.417 e. The van der Waals surface area contributed by atoms with Gasteiger partial charge in [0.2, 0.25) is 11.8 Å². The highest BCUT2D eigenvalue weighted by molar-refractivity contribution is 6.27. The van der Waals surface area contributed by atoms with Crippen molar-refractivity contribution in [3.05, 3.63) is 60.0 Å². The van der Waals surface area contributed by atoms with E-state index in [4.69, 9.17) is 10.5 Å². The minimum atomic E-state index is -4.65. The van der Waals surface area contributed by atoms with Crippen LogP contribution in [0.1, 0.15) is 18.1 Å². The average Bonchev–Trinajstić information content (AvgIpc) is 3.08. The summed E-state index contributed by atoms with van der Waals surface area (Å²) in [4.78, 5) is 38.8. The Hall–Kier alpha value is -4.66. The number of carbonyl (C=O) groups excluding carboxylic acids is 2. The lowest BCUT2D eigenvalue weighted by Gasteiger charge is -2.19. The molecule has 1 aliphatic heterocycles. The van der Waals surface area contributed by atoms with Crippen molar-refractivity contribution in [2.24, 2.45) is 0 Å². The van der Waals surface area contributed by atoms with Gasteiger partial charge in [-0.15, -0.1) is 5.92 Å². The number of carbonyl (C=O) groups is 2. The van der Waals surface area contributed by atoms with Gasteiger partial charge in [0.1, 0.15) is 12.3 Å². The summed E-state index contributed by atoms with van der Waals surface area (Å²) < 4.78 is 44.8. The summed E-state index contributed by atoms with van der Waals surface area (Å²) in [6, 6.07) is 5.86. The van der Waals surface area contributed by atoms with Crippen molar-refractivity contribution in [2.75, 3.05) is 22.1 Å². The van der Waals surface area contributed by atoms with Crippen molar-refractivity contribution < 1.29 is 27.5 Å². The van der Waals surface area contributed by atoms with Crippen molar-refractivity contribution in [2.45, 2.75) is 13.1 Å². The van der Waals surface area contributed by atoms with Crippen LogP contribution in [-0.4, -0.2) is 33.4 Å². The highest BCUT2D eigenvalue weighted by atomic mass is 19.4. The summed E-state index contributed by atoms with van der Waals surface area (Å²) in [5.41, 5.74) is 4.80. The zero-order chi connectivity index (χ0) is 24.5. The smallest absolute Gasteiger partial charge is 0.417 e. The van der Waals surface area contributed by atoms with E-state index in [1.165, 1.54) is 30.5 Å². The van der Waals surface area contributed by atoms with E-state index >= 15 is 0 Å². The molecular formula is C22H15F3N6O3. The van der Waals surface area contributed by atoms with E-state index in [0.717, 1.165) is 22.1 Å². The molecule has 1 fully saturated rings. The summed E-state index contributed by atoms with van der Waals surface area (Å²) in [5.74, 6) is 5.35. The number of halogens is 3. The number of benzene rings is 1. The lowest BCUT2D eigenvalue weighted by atomic mass is 10.1. The van der Waals surface area contributed by atoms with Gasteiger partial charge in [-0.3, -0.25) is 14.7 Å². The normalized spacial score (nSPS) is 13.6. The topological polar surface area (TPSA) is 115 Å². The van der Waals surface area contributed by atoms with Gasteiger partial charge in [-0.2, -0.15) is 18.2 Å². The first-order valence-electron chi connectivity index (χ1n) is 9.67. The molecule has 0 spiro atoms. The molecule has 3 heterocycles. The number of pyridine rings is 1. The van der Waals surface area contributed by atoms with Crippen molar-refractivity contribution in [3.63, 3.8) is 0 Å². The third-order valence-corrected chi connectivity index (χ3v) is 4.67. The zero-order valence-electron chi connectivity index (χ0n) is 17.5. The number of hydrogen-bond acceptors (Lipinski definition) is 7. The fourth-order valence-electron chi connectivity index (χ4n) is 3.21. The van der Waals surface area contributed by atoms with Gasteiger partial charge in [0.25, 0.3) is 5.91 Å². The summed E-state index contributed by atoms with van der Waals surface area (Å²) in [6.07, 6.45) is -1.51. The maximum atomic E-state index is 13.1. The molecule has 3 aromatic rings. The average molecular weight is 468 g/mol. The second-order valence-electron chi connectivity index (χ2n) is 6.94. The van der Waals surface area contributed by atoms with E-state index in [1.54, 1.807) is 6.92 Å². The molecule has 172 valence electrons. The van der Waals surface area contributed by atoms with Gasteiger partial charge < -0.3 is 10.5 Å². The molecule has 1 aliphatic rings.